The fraction of sp³-hybridized carbons (Fsp3) is 0.429. The molecule has 2 aromatic heterocycles. The van der Waals surface area contributed by atoms with Crippen molar-refractivity contribution < 1.29 is 9.53 Å². The zero-order chi connectivity index (χ0) is 20.4. The molecular formula is C21H25N5O3. The average Bonchev–Trinajstić information content (AvgIpc) is 2.99. The first-order valence-electron chi connectivity index (χ1n) is 9.87. The Hall–Kier alpha value is -3.16. The summed E-state index contributed by atoms with van der Waals surface area (Å²) in [5, 5.41) is 2.86. The van der Waals surface area contributed by atoms with Crippen molar-refractivity contribution in [2.45, 2.75) is 32.2 Å². The molecule has 8 heteroatoms. The van der Waals surface area contributed by atoms with Gasteiger partial charge < -0.3 is 10.1 Å². The predicted molar refractivity (Wildman–Crippen MR) is 110 cm³/mol. The number of amides is 1. The number of ether oxygens (including phenoxy) is 1. The van der Waals surface area contributed by atoms with Crippen molar-refractivity contribution in [1.29, 1.82) is 0 Å². The second-order valence-corrected chi connectivity index (χ2v) is 7.61. The van der Waals surface area contributed by atoms with E-state index in [-0.39, 0.29) is 17.5 Å². The number of fused-ring (bicyclic) bond motifs is 1. The number of hydrogen-bond donors (Lipinski definition) is 1. The Bertz CT molecular complexity index is 1070. The van der Waals surface area contributed by atoms with Gasteiger partial charge in [0.25, 0.3) is 0 Å². The van der Waals surface area contributed by atoms with Gasteiger partial charge in [-0.25, -0.2) is 14.8 Å². The molecule has 1 fully saturated rings. The van der Waals surface area contributed by atoms with Gasteiger partial charge >= 0.3 is 5.69 Å². The van der Waals surface area contributed by atoms with Crippen LogP contribution in [0, 0.1) is 11.8 Å². The maximum absolute atomic E-state index is 12.7. The van der Waals surface area contributed by atoms with E-state index in [1.54, 1.807) is 31.0 Å². The van der Waals surface area contributed by atoms with Crippen LogP contribution in [-0.2, 0) is 18.4 Å². The summed E-state index contributed by atoms with van der Waals surface area (Å²) < 4.78 is 8.84. The van der Waals surface area contributed by atoms with Crippen molar-refractivity contribution in [3.05, 3.63) is 47.3 Å². The topological polar surface area (TPSA) is 91.0 Å². The van der Waals surface area contributed by atoms with Crippen LogP contribution in [0.2, 0.25) is 0 Å². The van der Waals surface area contributed by atoms with E-state index in [0.29, 0.717) is 18.3 Å². The molecule has 0 aliphatic heterocycles. The van der Waals surface area contributed by atoms with Gasteiger partial charge in [-0.3, -0.25) is 13.9 Å². The molecule has 0 unspecified atom stereocenters. The number of imidazole rings is 1. The molecule has 8 nitrogen and oxygen atoms in total. The van der Waals surface area contributed by atoms with Crippen molar-refractivity contribution in [3.63, 3.8) is 0 Å². The van der Waals surface area contributed by atoms with Crippen LogP contribution in [0.25, 0.3) is 11.0 Å². The quantitative estimate of drug-likeness (QED) is 0.717. The Balaban J connectivity index is 1.43. The van der Waals surface area contributed by atoms with Gasteiger partial charge in [-0.1, -0.05) is 0 Å². The summed E-state index contributed by atoms with van der Waals surface area (Å²) in [4.78, 5) is 33.1. The first kappa shape index (κ1) is 19.2. The Labute approximate surface area is 168 Å². The van der Waals surface area contributed by atoms with Crippen LogP contribution in [0.5, 0.6) is 5.75 Å². The molecule has 152 valence electrons. The fourth-order valence-corrected chi connectivity index (χ4v) is 4.15. The van der Waals surface area contributed by atoms with Gasteiger partial charge in [0.2, 0.25) is 5.91 Å². The van der Waals surface area contributed by atoms with Crippen LogP contribution in [0.4, 0.5) is 5.82 Å². The summed E-state index contributed by atoms with van der Waals surface area (Å²) in [5.41, 5.74) is 1.77. The molecule has 29 heavy (non-hydrogen) atoms. The van der Waals surface area contributed by atoms with E-state index < -0.39 is 0 Å². The Kier molecular flexibility index (Phi) is 5.33. The molecule has 0 spiro atoms. The normalized spacial score (nSPS) is 19.2. The number of rotatable bonds is 5. The highest BCUT2D eigenvalue weighted by Crippen LogP contribution is 2.31. The number of aryl methyl sites for hydroxylation is 1. The summed E-state index contributed by atoms with van der Waals surface area (Å²) in [7, 11) is 3.42. The number of benzene rings is 1. The van der Waals surface area contributed by atoms with E-state index in [9.17, 15) is 9.59 Å². The molecule has 1 aliphatic rings. The van der Waals surface area contributed by atoms with E-state index in [4.69, 9.17) is 4.74 Å². The molecule has 1 amide bonds. The highest BCUT2D eigenvalue weighted by molar-refractivity contribution is 5.91. The van der Waals surface area contributed by atoms with Crippen molar-refractivity contribution in [1.82, 2.24) is 19.1 Å². The first-order valence-corrected chi connectivity index (χ1v) is 9.87. The summed E-state index contributed by atoms with van der Waals surface area (Å²) >= 11 is 0. The largest absolute Gasteiger partial charge is 0.497 e. The third-order valence-corrected chi connectivity index (χ3v) is 5.84. The second-order valence-electron chi connectivity index (χ2n) is 7.61. The third-order valence-electron chi connectivity index (χ3n) is 5.84. The van der Waals surface area contributed by atoms with Crippen LogP contribution in [0.3, 0.4) is 0 Å². The summed E-state index contributed by atoms with van der Waals surface area (Å²) in [6.07, 6.45) is 6.47. The molecule has 0 saturated heterocycles. The lowest BCUT2D eigenvalue weighted by Crippen LogP contribution is -2.31. The highest BCUT2D eigenvalue weighted by atomic mass is 16.5. The minimum atomic E-state index is -0.0226. The lowest BCUT2D eigenvalue weighted by atomic mass is 9.81. The molecule has 1 saturated carbocycles. The Morgan fingerprint density at radius 3 is 2.69 bits per heavy atom. The molecule has 0 atom stereocenters. The highest BCUT2D eigenvalue weighted by Gasteiger charge is 2.27. The van der Waals surface area contributed by atoms with E-state index in [2.05, 4.69) is 15.3 Å². The number of nitrogens with one attached hydrogen (secondary N) is 1. The number of aromatic nitrogens is 4. The molecule has 1 aromatic carbocycles. The molecule has 4 rings (SSSR count). The molecule has 3 aromatic rings. The number of methoxy groups -OCH3 is 1. The van der Waals surface area contributed by atoms with Gasteiger partial charge in [-0.15, -0.1) is 0 Å². The van der Waals surface area contributed by atoms with E-state index in [1.165, 1.54) is 6.33 Å². The first-order chi connectivity index (χ1) is 14.1. The van der Waals surface area contributed by atoms with Crippen LogP contribution in [0.1, 0.15) is 25.7 Å². The lowest BCUT2D eigenvalue weighted by Gasteiger charge is -2.27. The van der Waals surface area contributed by atoms with E-state index in [1.807, 2.05) is 22.8 Å². The third kappa shape index (κ3) is 3.87. The van der Waals surface area contributed by atoms with Crippen LogP contribution < -0.4 is 15.7 Å². The van der Waals surface area contributed by atoms with Crippen LogP contribution >= 0.6 is 0 Å². The summed E-state index contributed by atoms with van der Waals surface area (Å²) in [6, 6.07) is 7.39. The summed E-state index contributed by atoms with van der Waals surface area (Å²) in [6.45, 7) is 0.656. The predicted octanol–water partition coefficient (Wildman–Crippen LogP) is 2.58. The number of carbonyl (C=O) groups is 1. The fourth-order valence-electron chi connectivity index (χ4n) is 4.15. The van der Waals surface area contributed by atoms with Gasteiger partial charge in [0.15, 0.2) is 0 Å². The number of carbonyl (C=O) groups excluding carboxylic acids is 1. The maximum Gasteiger partial charge on any atom is 0.328 e. The van der Waals surface area contributed by atoms with Gasteiger partial charge in [-0.2, -0.15) is 0 Å². The number of nitrogens with zero attached hydrogens (tertiary/aromatic N) is 4. The van der Waals surface area contributed by atoms with Crippen LogP contribution in [-0.4, -0.2) is 32.1 Å². The van der Waals surface area contributed by atoms with Crippen molar-refractivity contribution in [2.24, 2.45) is 18.9 Å². The summed E-state index contributed by atoms with van der Waals surface area (Å²) in [5.74, 6) is 1.62. The molecular weight excluding hydrogens is 370 g/mol. The molecule has 1 N–H and O–H groups in total. The molecule has 0 radical (unpaired) electrons. The SMILES string of the molecule is COc1ccc2c(c1)n(CC1CCC(C(=O)Nc3ccncn3)CC1)c(=O)n2C. The van der Waals surface area contributed by atoms with Crippen LogP contribution in [0.15, 0.2) is 41.6 Å². The zero-order valence-corrected chi connectivity index (χ0v) is 16.7. The van der Waals surface area contributed by atoms with Gasteiger partial charge in [-0.05, 0) is 49.8 Å². The van der Waals surface area contributed by atoms with Gasteiger partial charge in [0.05, 0.1) is 18.1 Å². The minimum absolute atomic E-state index is 0.00853. The molecule has 1 aliphatic carbocycles. The average molecular weight is 395 g/mol. The maximum atomic E-state index is 12.7. The van der Waals surface area contributed by atoms with Crippen molar-refractivity contribution >= 4 is 22.8 Å². The number of anilines is 1. The Morgan fingerprint density at radius 2 is 2.00 bits per heavy atom. The number of hydrogen-bond acceptors (Lipinski definition) is 5. The van der Waals surface area contributed by atoms with Crippen molar-refractivity contribution in [2.75, 3.05) is 12.4 Å². The molecule has 2 heterocycles. The second kappa shape index (κ2) is 8.06. The standard InChI is InChI=1S/C21H25N5O3/c1-25-17-8-7-16(29-2)11-18(17)26(21(25)28)12-14-3-5-15(6-4-14)20(27)24-19-9-10-22-13-23-19/h7-11,13-15H,3-6,12H2,1-2H3,(H,22,23,24,27). The zero-order valence-electron chi connectivity index (χ0n) is 16.7. The molecule has 0 bridgehead atoms. The minimum Gasteiger partial charge on any atom is -0.497 e. The Morgan fingerprint density at radius 1 is 1.21 bits per heavy atom. The van der Waals surface area contributed by atoms with E-state index >= 15 is 0 Å². The van der Waals surface area contributed by atoms with E-state index in [0.717, 1.165) is 42.5 Å². The van der Waals surface area contributed by atoms with Crippen molar-refractivity contribution in [3.8, 4) is 5.75 Å². The smallest absolute Gasteiger partial charge is 0.328 e. The monoisotopic (exact) mass is 395 g/mol. The van der Waals surface area contributed by atoms with Gasteiger partial charge in [0.1, 0.15) is 17.9 Å². The lowest BCUT2D eigenvalue weighted by molar-refractivity contribution is -0.121. The van der Waals surface area contributed by atoms with Gasteiger partial charge in [0, 0.05) is 31.8 Å².